The second-order valence-electron chi connectivity index (χ2n) is 4.98. The predicted molar refractivity (Wildman–Crippen MR) is 92.9 cm³/mol. The van der Waals surface area contributed by atoms with Gasteiger partial charge in [-0.2, -0.15) is 0 Å². The maximum Gasteiger partial charge on any atom is 0.263 e. The number of carbonyl (C=O) groups excluding carboxylic acids is 1. The van der Waals surface area contributed by atoms with Crippen LogP contribution in [0.5, 0.6) is 0 Å². The Hall–Kier alpha value is -1.63. The Bertz CT molecular complexity index is 825. The molecule has 1 heterocycles. The molecule has 1 amide bonds. The van der Waals surface area contributed by atoms with Gasteiger partial charge in [0.2, 0.25) is 0 Å². The fraction of sp³-hybridized carbons (Fsp3) is 0.125. The summed E-state index contributed by atoms with van der Waals surface area (Å²) in [4.78, 5) is 16.4. The molecule has 0 saturated heterocycles. The molecular weight excluding hydrogens is 377 g/mol. The number of rotatable bonds is 2. The van der Waals surface area contributed by atoms with Crippen LogP contribution >= 0.6 is 35.0 Å². The number of carbonyl (C=O) groups is 1. The number of thioether (sulfide) groups is 1. The quantitative estimate of drug-likeness (QED) is 0.801. The summed E-state index contributed by atoms with van der Waals surface area (Å²) in [5.74, 6) is -2.17. The van der Waals surface area contributed by atoms with Gasteiger partial charge in [0.25, 0.3) is 5.91 Å². The van der Waals surface area contributed by atoms with Crippen molar-refractivity contribution < 1.29 is 13.6 Å². The van der Waals surface area contributed by atoms with E-state index in [1.54, 1.807) is 18.2 Å². The van der Waals surface area contributed by atoms with Crippen LogP contribution in [0.25, 0.3) is 0 Å². The Morgan fingerprint density at radius 1 is 1.21 bits per heavy atom. The average molecular weight is 387 g/mol. The predicted octanol–water partition coefficient (Wildman–Crippen LogP) is 4.85. The van der Waals surface area contributed by atoms with Gasteiger partial charge in [0, 0.05) is 15.8 Å². The molecular formula is C16H10Cl2F2N2OS. The highest BCUT2D eigenvalue weighted by Crippen LogP contribution is 2.35. The molecule has 124 valence electrons. The zero-order valence-electron chi connectivity index (χ0n) is 12.0. The van der Waals surface area contributed by atoms with E-state index in [-0.39, 0.29) is 6.04 Å². The summed E-state index contributed by atoms with van der Waals surface area (Å²) >= 11 is 13.3. The minimum atomic E-state index is -0.923. The highest BCUT2D eigenvalue weighted by atomic mass is 35.5. The minimum Gasteiger partial charge on any atom is -0.301 e. The van der Waals surface area contributed by atoms with Crippen molar-refractivity contribution in [2.45, 2.75) is 6.04 Å². The third-order valence-electron chi connectivity index (χ3n) is 3.38. The van der Waals surface area contributed by atoms with Crippen molar-refractivity contribution in [3.63, 3.8) is 0 Å². The van der Waals surface area contributed by atoms with Crippen LogP contribution in [0.15, 0.2) is 41.4 Å². The van der Waals surface area contributed by atoms with E-state index in [1.165, 1.54) is 17.8 Å². The molecule has 2 aromatic carbocycles. The second-order valence-corrected chi connectivity index (χ2v) is 6.83. The molecule has 1 N–H and O–H groups in total. The summed E-state index contributed by atoms with van der Waals surface area (Å²) in [6.07, 6.45) is 0. The van der Waals surface area contributed by atoms with Crippen LogP contribution in [-0.2, 0) is 0 Å². The Morgan fingerprint density at radius 3 is 2.58 bits per heavy atom. The van der Waals surface area contributed by atoms with Gasteiger partial charge in [-0.15, -0.1) is 0 Å². The van der Waals surface area contributed by atoms with E-state index in [9.17, 15) is 13.6 Å². The molecule has 0 fully saturated rings. The van der Waals surface area contributed by atoms with Crippen LogP contribution in [0.3, 0.4) is 0 Å². The minimum absolute atomic E-state index is 0.263. The highest BCUT2D eigenvalue weighted by molar-refractivity contribution is 8.14. The van der Waals surface area contributed by atoms with Crippen molar-refractivity contribution in [2.75, 3.05) is 5.75 Å². The maximum absolute atomic E-state index is 13.6. The molecule has 1 aliphatic rings. The maximum atomic E-state index is 13.6. The first kappa shape index (κ1) is 17.2. The fourth-order valence-electron chi connectivity index (χ4n) is 2.25. The summed E-state index contributed by atoms with van der Waals surface area (Å²) in [5.41, 5.74) is 0.142. The highest BCUT2D eigenvalue weighted by Gasteiger charge is 2.25. The van der Waals surface area contributed by atoms with Gasteiger partial charge in [0.1, 0.15) is 17.2 Å². The Balaban J connectivity index is 1.78. The molecule has 3 rings (SSSR count). The van der Waals surface area contributed by atoms with Crippen LogP contribution in [0.2, 0.25) is 10.0 Å². The summed E-state index contributed by atoms with van der Waals surface area (Å²) < 4.78 is 27.3. The third-order valence-corrected chi connectivity index (χ3v) is 4.91. The van der Waals surface area contributed by atoms with Gasteiger partial charge < -0.3 is 5.32 Å². The van der Waals surface area contributed by atoms with Crippen molar-refractivity contribution in [3.05, 3.63) is 69.2 Å². The third kappa shape index (κ3) is 3.55. The lowest BCUT2D eigenvalue weighted by Crippen LogP contribution is -2.29. The first-order chi connectivity index (χ1) is 11.5. The van der Waals surface area contributed by atoms with Crippen molar-refractivity contribution in [3.8, 4) is 0 Å². The second kappa shape index (κ2) is 7.09. The molecule has 0 aromatic heterocycles. The molecule has 0 saturated carbocycles. The number of benzene rings is 2. The van der Waals surface area contributed by atoms with Gasteiger partial charge >= 0.3 is 0 Å². The molecule has 1 aliphatic heterocycles. The van der Waals surface area contributed by atoms with E-state index < -0.39 is 23.1 Å². The normalized spacial score (nSPS) is 16.8. The van der Waals surface area contributed by atoms with Gasteiger partial charge in [0.05, 0.1) is 6.04 Å². The zero-order valence-corrected chi connectivity index (χ0v) is 14.4. The fourth-order valence-corrected chi connectivity index (χ4v) is 3.72. The van der Waals surface area contributed by atoms with Crippen LogP contribution in [-0.4, -0.2) is 16.8 Å². The monoisotopic (exact) mass is 386 g/mol. The number of nitrogens with one attached hydrogen (secondary N) is 1. The van der Waals surface area contributed by atoms with E-state index in [4.69, 9.17) is 23.2 Å². The molecule has 2 aromatic rings. The topological polar surface area (TPSA) is 41.5 Å². The van der Waals surface area contributed by atoms with Crippen molar-refractivity contribution in [1.82, 2.24) is 5.32 Å². The van der Waals surface area contributed by atoms with Crippen molar-refractivity contribution in [1.29, 1.82) is 0 Å². The van der Waals surface area contributed by atoms with Gasteiger partial charge in [-0.3, -0.25) is 9.79 Å². The molecule has 3 nitrogen and oxygen atoms in total. The number of nitrogens with zero attached hydrogens (tertiary/aromatic N) is 1. The lowest BCUT2D eigenvalue weighted by molar-refractivity contribution is 0.0969. The first-order valence-corrected chi connectivity index (χ1v) is 8.61. The number of amidine groups is 1. The number of aliphatic imine (C=N–C) groups is 1. The van der Waals surface area contributed by atoms with E-state index >= 15 is 0 Å². The van der Waals surface area contributed by atoms with Gasteiger partial charge in [-0.25, -0.2) is 8.78 Å². The summed E-state index contributed by atoms with van der Waals surface area (Å²) in [7, 11) is 0. The van der Waals surface area contributed by atoms with E-state index in [0.717, 1.165) is 17.7 Å². The molecule has 8 heteroatoms. The Kier molecular flexibility index (Phi) is 5.08. The molecule has 1 atom stereocenters. The summed E-state index contributed by atoms with van der Waals surface area (Å²) in [6, 6.07) is 8.07. The van der Waals surface area contributed by atoms with E-state index in [2.05, 4.69) is 10.3 Å². The SMILES string of the molecule is O=C(NC1=NC(c2ccc(Cl)cc2Cl)CS1)c1c(F)cccc1F. The lowest BCUT2D eigenvalue weighted by Gasteiger charge is -2.08. The molecule has 0 bridgehead atoms. The van der Waals surface area contributed by atoms with E-state index in [0.29, 0.717) is 21.0 Å². The molecule has 0 radical (unpaired) electrons. The Morgan fingerprint density at radius 2 is 1.92 bits per heavy atom. The Labute approximate surface area is 151 Å². The number of hydrogen-bond donors (Lipinski definition) is 1. The van der Waals surface area contributed by atoms with Crippen LogP contribution in [0.4, 0.5) is 8.78 Å². The van der Waals surface area contributed by atoms with Crippen molar-refractivity contribution >= 4 is 46.0 Å². The molecule has 0 aliphatic carbocycles. The molecule has 24 heavy (non-hydrogen) atoms. The van der Waals surface area contributed by atoms with Crippen LogP contribution < -0.4 is 5.32 Å². The van der Waals surface area contributed by atoms with Gasteiger partial charge in [0.15, 0.2) is 5.17 Å². The molecule has 0 spiro atoms. The van der Waals surface area contributed by atoms with Gasteiger partial charge in [-0.1, -0.05) is 47.1 Å². The van der Waals surface area contributed by atoms with Crippen LogP contribution in [0.1, 0.15) is 22.0 Å². The summed E-state index contributed by atoms with van der Waals surface area (Å²) in [5, 5.41) is 3.71. The lowest BCUT2D eigenvalue weighted by atomic mass is 10.1. The van der Waals surface area contributed by atoms with E-state index in [1.807, 2.05) is 0 Å². The number of halogens is 4. The molecule has 1 unspecified atom stereocenters. The average Bonchev–Trinajstić information content (AvgIpc) is 2.95. The summed E-state index contributed by atoms with van der Waals surface area (Å²) in [6.45, 7) is 0. The van der Waals surface area contributed by atoms with Gasteiger partial charge in [-0.05, 0) is 29.8 Å². The first-order valence-electron chi connectivity index (χ1n) is 6.86. The smallest absolute Gasteiger partial charge is 0.263 e. The number of amides is 1. The van der Waals surface area contributed by atoms with Crippen molar-refractivity contribution in [2.24, 2.45) is 4.99 Å². The number of hydrogen-bond acceptors (Lipinski definition) is 3. The standard InChI is InChI=1S/C16H10Cl2F2N2OS/c17-8-4-5-9(10(18)6-8)13-7-24-16(21-13)22-15(23)14-11(19)2-1-3-12(14)20/h1-6,13H,7H2,(H,21,22,23). The zero-order chi connectivity index (χ0) is 17.3. The van der Waals surface area contributed by atoms with Crippen LogP contribution in [0, 0.1) is 11.6 Å². The largest absolute Gasteiger partial charge is 0.301 e.